The number of rotatable bonds is 5. The van der Waals surface area contributed by atoms with E-state index in [2.05, 4.69) is 15.6 Å². The van der Waals surface area contributed by atoms with E-state index in [4.69, 9.17) is 5.73 Å². The van der Waals surface area contributed by atoms with E-state index >= 15 is 0 Å². The minimum Gasteiger partial charge on any atom is -0.354 e. The highest BCUT2D eigenvalue weighted by molar-refractivity contribution is 5.88. The molecule has 1 aromatic carbocycles. The predicted molar refractivity (Wildman–Crippen MR) is 98.4 cm³/mol. The molecule has 1 heterocycles. The molecule has 0 aliphatic heterocycles. The number of aromatic nitrogens is 1. The van der Waals surface area contributed by atoms with Gasteiger partial charge in [-0.1, -0.05) is 19.6 Å². The number of nitrogens with one attached hydrogen (secondary N) is 2. The number of halogens is 3. The molecule has 1 saturated carbocycles. The number of aryl methyl sites for hydroxylation is 1. The van der Waals surface area contributed by atoms with Crippen molar-refractivity contribution in [2.75, 3.05) is 5.32 Å². The molecule has 27 heavy (non-hydrogen) atoms. The zero-order valence-electron chi connectivity index (χ0n) is 14.2. The van der Waals surface area contributed by atoms with E-state index in [0.29, 0.717) is 24.2 Å². The van der Waals surface area contributed by atoms with E-state index in [1.54, 1.807) is 13.0 Å². The fourth-order valence-electron chi connectivity index (χ4n) is 2.55. The second kappa shape index (κ2) is 7.56. The summed E-state index contributed by atoms with van der Waals surface area (Å²) in [5, 5.41) is 5.50. The molecule has 2 aromatic rings. The number of carbonyl (C=O) groups excluding carboxylic acids is 1. The van der Waals surface area contributed by atoms with Gasteiger partial charge in [-0.25, -0.2) is 0 Å². The molecule has 0 radical (unpaired) electrons. The number of anilines is 2. The fourth-order valence-corrected chi connectivity index (χ4v) is 2.55. The van der Waals surface area contributed by atoms with Gasteiger partial charge in [-0.2, -0.15) is 13.2 Å². The van der Waals surface area contributed by atoms with Gasteiger partial charge in [-0.15, -0.1) is 0 Å². The molecule has 0 unspecified atom stereocenters. The molecule has 5 nitrogen and oxygen atoms in total. The number of amides is 1. The van der Waals surface area contributed by atoms with Crippen LogP contribution >= 0.6 is 0 Å². The van der Waals surface area contributed by atoms with Crippen LogP contribution in [0.3, 0.4) is 0 Å². The third-order valence-corrected chi connectivity index (χ3v) is 4.36. The second-order valence-corrected chi connectivity index (χ2v) is 6.49. The van der Waals surface area contributed by atoms with Crippen LogP contribution in [0.5, 0.6) is 0 Å². The Morgan fingerprint density at radius 2 is 1.96 bits per heavy atom. The molecule has 0 bridgehead atoms. The number of nitrogens with two attached hydrogens (primary N) is 1. The maximum Gasteiger partial charge on any atom is 0.418 e. The smallest absolute Gasteiger partial charge is 0.354 e. The first-order valence-electron chi connectivity index (χ1n) is 8.15. The zero-order chi connectivity index (χ0) is 18.9. The third-order valence-electron chi connectivity index (χ3n) is 4.36. The lowest BCUT2D eigenvalue weighted by atomic mass is 10.1. The molecular formula is C19H23F3N4O. The minimum atomic E-state index is -4.45. The Kier molecular flexibility index (Phi) is 5.79. The number of pyridine rings is 1. The Labute approximate surface area is 156 Å². The van der Waals surface area contributed by atoms with Crippen LogP contribution in [0.4, 0.5) is 24.5 Å². The van der Waals surface area contributed by atoms with Crippen molar-refractivity contribution < 1.29 is 18.0 Å². The number of para-hydroxylation sites is 1. The summed E-state index contributed by atoms with van der Waals surface area (Å²) in [6.45, 7) is 2.01. The molecule has 146 valence electrons. The lowest BCUT2D eigenvalue weighted by Crippen LogP contribution is -2.42. The van der Waals surface area contributed by atoms with E-state index in [9.17, 15) is 18.0 Å². The van der Waals surface area contributed by atoms with Crippen molar-refractivity contribution in [3.8, 4) is 0 Å². The SMILES string of the molecule is C.Cc1cc(Nc2ccccc2C(F)(F)F)cnc1CNC(=O)C1(N)CC1. The summed E-state index contributed by atoms with van der Waals surface area (Å²) in [4.78, 5) is 16.1. The number of hydrogen-bond donors (Lipinski definition) is 3. The molecule has 8 heteroatoms. The van der Waals surface area contributed by atoms with Gasteiger partial charge in [0.2, 0.25) is 5.91 Å². The first-order valence-corrected chi connectivity index (χ1v) is 8.15. The first kappa shape index (κ1) is 20.7. The quantitative estimate of drug-likeness (QED) is 0.735. The topological polar surface area (TPSA) is 80.0 Å². The van der Waals surface area contributed by atoms with Crippen molar-refractivity contribution in [1.82, 2.24) is 10.3 Å². The molecule has 1 aromatic heterocycles. The number of nitrogens with zero attached hydrogens (tertiary/aromatic N) is 1. The normalized spacial score (nSPS) is 14.9. The zero-order valence-corrected chi connectivity index (χ0v) is 14.2. The molecule has 4 N–H and O–H groups in total. The second-order valence-electron chi connectivity index (χ2n) is 6.49. The molecule has 1 aliphatic rings. The third kappa shape index (κ3) is 4.77. The van der Waals surface area contributed by atoms with E-state index in [-0.39, 0.29) is 25.6 Å². The van der Waals surface area contributed by atoms with E-state index < -0.39 is 17.3 Å². The first-order chi connectivity index (χ1) is 12.2. The molecule has 1 fully saturated rings. The van der Waals surface area contributed by atoms with Crippen molar-refractivity contribution in [3.05, 3.63) is 53.3 Å². The van der Waals surface area contributed by atoms with E-state index in [1.165, 1.54) is 24.4 Å². The van der Waals surface area contributed by atoms with Crippen molar-refractivity contribution in [3.63, 3.8) is 0 Å². The minimum absolute atomic E-state index is 0. The Balaban J connectivity index is 0.00000261. The lowest BCUT2D eigenvalue weighted by molar-refractivity contribution is -0.137. The van der Waals surface area contributed by atoms with Gasteiger partial charge in [0.15, 0.2) is 0 Å². The summed E-state index contributed by atoms with van der Waals surface area (Å²) >= 11 is 0. The summed E-state index contributed by atoms with van der Waals surface area (Å²) in [5.74, 6) is -0.208. The fraction of sp³-hybridized carbons (Fsp3) is 0.368. The summed E-state index contributed by atoms with van der Waals surface area (Å²) in [5.41, 5.74) is 6.10. The summed E-state index contributed by atoms with van der Waals surface area (Å²) < 4.78 is 39.2. The van der Waals surface area contributed by atoms with Crippen molar-refractivity contribution in [2.45, 2.75) is 45.5 Å². The average Bonchev–Trinajstić information content (AvgIpc) is 3.32. The van der Waals surface area contributed by atoms with Crippen molar-refractivity contribution in [1.29, 1.82) is 0 Å². The number of benzene rings is 1. The van der Waals surface area contributed by atoms with Gasteiger partial charge in [-0.05, 0) is 43.5 Å². The summed E-state index contributed by atoms with van der Waals surface area (Å²) in [7, 11) is 0. The predicted octanol–water partition coefficient (Wildman–Crippen LogP) is 3.90. The highest BCUT2D eigenvalue weighted by atomic mass is 19.4. The van der Waals surface area contributed by atoms with Gasteiger partial charge < -0.3 is 16.4 Å². The highest BCUT2D eigenvalue weighted by Crippen LogP contribution is 2.36. The van der Waals surface area contributed by atoms with Gasteiger partial charge in [0.1, 0.15) is 0 Å². The van der Waals surface area contributed by atoms with Crippen LogP contribution in [0.2, 0.25) is 0 Å². The molecule has 0 spiro atoms. The standard InChI is InChI=1S/C18H19F3N4O.CH4/c1-11-8-12(25-14-5-3-2-4-13(14)18(19,20)21)9-23-15(11)10-24-16(26)17(22)6-7-17;/h2-5,8-9,25H,6-7,10,22H2,1H3,(H,24,26);1H4. The number of alkyl halides is 3. The largest absolute Gasteiger partial charge is 0.418 e. The molecular weight excluding hydrogens is 357 g/mol. The maximum absolute atomic E-state index is 13.1. The Morgan fingerprint density at radius 1 is 1.30 bits per heavy atom. The van der Waals surface area contributed by atoms with Crippen LogP contribution in [0, 0.1) is 6.92 Å². The van der Waals surface area contributed by atoms with Crippen molar-refractivity contribution >= 4 is 17.3 Å². The summed E-state index contributed by atoms with van der Waals surface area (Å²) in [6.07, 6.45) is -1.66. The van der Waals surface area contributed by atoms with Gasteiger partial charge >= 0.3 is 6.18 Å². The summed E-state index contributed by atoms with van der Waals surface area (Å²) in [6, 6.07) is 6.95. The number of hydrogen-bond acceptors (Lipinski definition) is 4. The van der Waals surface area contributed by atoms with Crippen LogP contribution in [-0.2, 0) is 17.5 Å². The van der Waals surface area contributed by atoms with E-state index in [1.807, 2.05) is 0 Å². The Morgan fingerprint density at radius 3 is 2.56 bits per heavy atom. The number of carbonyl (C=O) groups is 1. The van der Waals surface area contributed by atoms with Crippen LogP contribution in [0.25, 0.3) is 0 Å². The van der Waals surface area contributed by atoms with Gasteiger partial charge in [0, 0.05) is 0 Å². The Bertz CT molecular complexity index is 832. The van der Waals surface area contributed by atoms with Crippen LogP contribution in [-0.4, -0.2) is 16.4 Å². The van der Waals surface area contributed by atoms with Crippen molar-refractivity contribution in [2.24, 2.45) is 5.73 Å². The molecule has 1 amide bonds. The van der Waals surface area contributed by atoms with Crippen LogP contribution in [0.15, 0.2) is 36.5 Å². The highest BCUT2D eigenvalue weighted by Gasteiger charge is 2.45. The molecule has 3 rings (SSSR count). The van der Waals surface area contributed by atoms with Crippen LogP contribution < -0.4 is 16.4 Å². The average molecular weight is 380 g/mol. The monoisotopic (exact) mass is 380 g/mol. The molecule has 0 saturated heterocycles. The van der Waals surface area contributed by atoms with Gasteiger partial charge in [0.05, 0.1) is 40.9 Å². The molecule has 1 aliphatic carbocycles. The lowest BCUT2D eigenvalue weighted by Gasteiger charge is -2.15. The maximum atomic E-state index is 13.1. The van der Waals surface area contributed by atoms with Crippen LogP contribution in [0.1, 0.15) is 37.1 Å². The van der Waals surface area contributed by atoms with E-state index in [0.717, 1.165) is 11.6 Å². The Hall–Kier alpha value is -2.61. The van der Waals surface area contributed by atoms with Gasteiger partial charge in [-0.3, -0.25) is 9.78 Å². The van der Waals surface area contributed by atoms with Gasteiger partial charge in [0.25, 0.3) is 0 Å². The molecule has 0 atom stereocenters.